The summed E-state index contributed by atoms with van der Waals surface area (Å²) in [4.78, 5) is 28.4. The van der Waals surface area contributed by atoms with E-state index >= 15 is 0 Å². The number of carbonyl (C=O) groups is 1. The lowest BCUT2D eigenvalue weighted by Gasteiger charge is -2.14. The van der Waals surface area contributed by atoms with Crippen LogP contribution in [0.4, 0.5) is 4.39 Å². The van der Waals surface area contributed by atoms with Crippen molar-refractivity contribution in [3.05, 3.63) is 65.1 Å². The van der Waals surface area contributed by atoms with E-state index in [1.165, 1.54) is 29.0 Å². The number of carboxylic acid groups (broad SMARTS) is 1. The van der Waals surface area contributed by atoms with Gasteiger partial charge in [-0.05, 0) is 23.8 Å². The number of hydrogen-bond acceptors (Lipinski definition) is 5. The van der Waals surface area contributed by atoms with Gasteiger partial charge in [0.1, 0.15) is 11.9 Å². The van der Waals surface area contributed by atoms with E-state index in [1.807, 2.05) is 0 Å². The molecule has 3 heterocycles. The Hall–Kier alpha value is -3.20. The van der Waals surface area contributed by atoms with Gasteiger partial charge in [-0.2, -0.15) is 17.7 Å². The summed E-state index contributed by atoms with van der Waals surface area (Å²) in [5, 5.41) is 13.8. The zero-order valence-electron chi connectivity index (χ0n) is 13.8. The maximum atomic E-state index is 13.2. The van der Waals surface area contributed by atoms with E-state index in [0.717, 1.165) is 10.1 Å². The number of hydrogen-bond donors (Lipinski definition) is 2. The van der Waals surface area contributed by atoms with Crippen molar-refractivity contribution in [3.8, 4) is 11.1 Å². The van der Waals surface area contributed by atoms with Gasteiger partial charge in [-0.3, -0.25) is 9.36 Å². The van der Waals surface area contributed by atoms with E-state index in [1.54, 1.807) is 24.4 Å². The second kappa shape index (κ2) is 6.51. The van der Waals surface area contributed by atoms with Crippen molar-refractivity contribution in [2.24, 2.45) is 0 Å². The molecule has 0 aliphatic heterocycles. The van der Waals surface area contributed by atoms with Crippen LogP contribution in [0.2, 0.25) is 0 Å². The number of nitrogens with zero attached hydrogens (tertiary/aromatic N) is 4. The fourth-order valence-corrected chi connectivity index (χ4v) is 3.33. The first kappa shape index (κ1) is 17.2. The van der Waals surface area contributed by atoms with Crippen LogP contribution in [-0.2, 0) is 4.79 Å². The van der Waals surface area contributed by atoms with Gasteiger partial charge in [-0.1, -0.05) is 12.1 Å². The number of aliphatic carboxylic acids is 1. The lowest BCUT2D eigenvalue weighted by molar-refractivity contribution is -0.140. The van der Waals surface area contributed by atoms with Crippen LogP contribution in [0.1, 0.15) is 6.04 Å². The van der Waals surface area contributed by atoms with Crippen molar-refractivity contribution in [1.29, 1.82) is 0 Å². The number of carboxylic acids is 1. The Kier molecular flexibility index (Phi) is 4.15. The van der Waals surface area contributed by atoms with Crippen LogP contribution < -0.4 is 5.56 Å². The maximum absolute atomic E-state index is 13.2. The third-order valence-corrected chi connectivity index (χ3v) is 4.72. The van der Waals surface area contributed by atoms with E-state index in [4.69, 9.17) is 0 Å². The van der Waals surface area contributed by atoms with E-state index < -0.39 is 17.6 Å². The van der Waals surface area contributed by atoms with Gasteiger partial charge < -0.3 is 5.11 Å². The van der Waals surface area contributed by atoms with Crippen LogP contribution in [0.25, 0.3) is 27.7 Å². The number of rotatable bonds is 4. The monoisotopic (exact) mass is 384 g/mol. The van der Waals surface area contributed by atoms with Crippen LogP contribution in [0.15, 0.2) is 53.7 Å². The van der Waals surface area contributed by atoms with E-state index in [-0.39, 0.29) is 17.0 Å². The average Bonchev–Trinajstić information content (AvgIpc) is 3.09. The summed E-state index contributed by atoms with van der Waals surface area (Å²) in [6.45, 7) is 0. The quantitative estimate of drug-likeness (QED) is 0.528. The second-order valence-corrected chi connectivity index (χ2v) is 6.29. The smallest absolute Gasteiger partial charge is 0.327 e. The minimum Gasteiger partial charge on any atom is -0.480 e. The molecule has 4 aromatic rings. The number of halogens is 1. The SMILES string of the molecule is O=C(O)[C@@H](CS)n1ccc2c(cnc3c(-c4ccc(F)cc4)cnn32)c1=O. The highest BCUT2D eigenvalue weighted by molar-refractivity contribution is 7.80. The first-order chi connectivity index (χ1) is 13.0. The number of benzene rings is 1. The van der Waals surface area contributed by atoms with Gasteiger partial charge in [-0.25, -0.2) is 18.7 Å². The Morgan fingerprint density at radius 3 is 2.63 bits per heavy atom. The van der Waals surface area contributed by atoms with Crippen LogP contribution in [0, 0.1) is 5.82 Å². The highest BCUT2D eigenvalue weighted by atomic mass is 32.1. The summed E-state index contributed by atoms with van der Waals surface area (Å²) >= 11 is 4.02. The number of fused-ring (bicyclic) bond motifs is 3. The van der Waals surface area contributed by atoms with Gasteiger partial charge in [0.05, 0.1) is 17.1 Å². The Morgan fingerprint density at radius 2 is 1.96 bits per heavy atom. The molecule has 0 unspecified atom stereocenters. The summed E-state index contributed by atoms with van der Waals surface area (Å²) in [6.07, 6.45) is 4.41. The van der Waals surface area contributed by atoms with Crippen molar-refractivity contribution in [2.75, 3.05) is 5.75 Å². The second-order valence-electron chi connectivity index (χ2n) is 5.92. The molecule has 0 saturated heterocycles. The van der Waals surface area contributed by atoms with Gasteiger partial charge in [0.15, 0.2) is 5.65 Å². The molecule has 9 heteroatoms. The summed E-state index contributed by atoms with van der Waals surface area (Å²) in [6, 6.07) is 6.49. The van der Waals surface area contributed by atoms with Crippen molar-refractivity contribution in [2.45, 2.75) is 6.04 Å². The standard InChI is InChI=1S/C18H13FN4O3S/c19-11-3-1-10(2-4-11)12-8-21-23-14-5-6-22(15(9-27)18(25)26)17(24)13(14)7-20-16(12)23/h1-8,15,27H,9H2,(H,25,26)/t15-/m1/s1. The highest BCUT2D eigenvalue weighted by Crippen LogP contribution is 2.25. The van der Waals surface area contributed by atoms with Crippen LogP contribution >= 0.6 is 12.6 Å². The Bertz CT molecular complexity index is 1230. The fraction of sp³-hybridized carbons (Fsp3) is 0.111. The zero-order valence-corrected chi connectivity index (χ0v) is 14.7. The topological polar surface area (TPSA) is 89.5 Å². The van der Waals surface area contributed by atoms with Gasteiger partial charge in [-0.15, -0.1) is 0 Å². The molecule has 0 fully saturated rings. The molecule has 27 heavy (non-hydrogen) atoms. The third kappa shape index (κ3) is 2.76. The molecular weight excluding hydrogens is 371 g/mol. The highest BCUT2D eigenvalue weighted by Gasteiger charge is 2.21. The predicted molar refractivity (Wildman–Crippen MR) is 101 cm³/mol. The normalized spacial score (nSPS) is 12.5. The predicted octanol–water partition coefficient (Wildman–Crippen LogP) is 2.41. The largest absolute Gasteiger partial charge is 0.480 e. The average molecular weight is 384 g/mol. The molecule has 4 rings (SSSR count). The lowest BCUT2D eigenvalue weighted by Crippen LogP contribution is -2.31. The molecule has 0 radical (unpaired) electrons. The minimum atomic E-state index is -1.14. The van der Waals surface area contributed by atoms with Crippen molar-refractivity contribution >= 4 is 35.1 Å². The number of pyridine rings is 1. The van der Waals surface area contributed by atoms with Gasteiger partial charge in [0, 0.05) is 23.7 Å². The molecule has 7 nitrogen and oxygen atoms in total. The fourth-order valence-electron chi connectivity index (χ4n) is 2.99. The van der Waals surface area contributed by atoms with Gasteiger partial charge in [0.2, 0.25) is 0 Å². The molecule has 1 aromatic carbocycles. The first-order valence-corrected chi connectivity index (χ1v) is 8.61. The molecule has 0 spiro atoms. The maximum Gasteiger partial charge on any atom is 0.327 e. The first-order valence-electron chi connectivity index (χ1n) is 7.98. The minimum absolute atomic E-state index is 0.0209. The molecular formula is C18H13FN4O3S. The zero-order chi connectivity index (χ0) is 19.1. The Morgan fingerprint density at radius 1 is 1.22 bits per heavy atom. The lowest BCUT2D eigenvalue weighted by atomic mass is 10.1. The molecule has 0 amide bonds. The molecule has 136 valence electrons. The van der Waals surface area contributed by atoms with Crippen molar-refractivity contribution < 1.29 is 14.3 Å². The Balaban J connectivity index is 1.93. The molecule has 0 saturated carbocycles. The van der Waals surface area contributed by atoms with E-state index in [9.17, 15) is 19.1 Å². The van der Waals surface area contributed by atoms with Gasteiger partial charge in [0.25, 0.3) is 5.56 Å². The summed E-state index contributed by atoms with van der Waals surface area (Å²) in [7, 11) is 0. The summed E-state index contributed by atoms with van der Waals surface area (Å²) in [5.41, 5.74) is 1.96. The molecule has 0 aliphatic rings. The van der Waals surface area contributed by atoms with Crippen molar-refractivity contribution in [3.63, 3.8) is 0 Å². The van der Waals surface area contributed by atoms with Gasteiger partial charge >= 0.3 is 5.97 Å². The molecule has 1 N–H and O–H groups in total. The molecule has 0 aliphatic carbocycles. The Labute approximate surface area is 157 Å². The number of thiol groups is 1. The summed E-state index contributed by atoms with van der Waals surface area (Å²) < 4.78 is 15.8. The molecule has 1 atom stereocenters. The summed E-state index contributed by atoms with van der Waals surface area (Å²) in [5.74, 6) is -1.50. The van der Waals surface area contributed by atoms with E-state index in [2.05, 4.69) is 22.7 Å². The van der Waals surface area contributed by atoms with Crippen LogP contribution in [0.3, 0.4) is 0 Å². The van der Waals surface area contributed by atoms with Crippen LogP contribution in [-0.4, -0.2) is 36.0 Å². The van der Waals surface area contributed by atoms with E-state index in [0.29, 0.717) is 16.7 Å². The number of aromatic nitrogens is 4. The molecule has 0 bridgehead atoms. The van der Waals surface area contributed by atoms with Crippen molar-refractivity contribution in [1.82, 2.24) is 19.2 Å². The molecule has 3 aromatic heterocycles. The van der Waals surface area contributed by atoms with Crippen LogP contribution in [0.5, 0.6) is 0 Å². The third-order valence-electron chi connectivity index (χ3n) is 4.37.